The van der Waals surface area contributed by atoms with Crippen LogP contribution in [-0.2, 0) is 0 Å². The van der Waals surface area contributed by atoms with Crippen LogP contribution in [0, 0.1) is 0 Å². The number of amides is 2. The molecule has 0 heterocycles. The van der Waals surface area contributed by atoms with Gasteiger partial charge in [-0.1, -0.05) is 23.9 Å². The van der Waals surface area contributed by atoms with Crippen molar-refractivity contribution in [1.82, 2.24) is 4.90 Å². The number of rotatable bonds is 7. The molecule has 1 aromatic carbocycles. The number of nitrogens with one attached hydrogen (secondary N) is 1. The lowest BCUT2D eigenvalue weighted by molar-refractivity contribution is 0.195. The monoisotopic (exact) mass is 302 g/mol. The minimum Gasteiger partial charge on any atom is -0.395 e. The summed E-state index contributed by atoms with van der Waals surface area (Å²) < 4.78 is 24.5. The second kappa shape index (κ2) is 8.55. The highest BCUT2D eigenvalue weighted by atomic mass is 32.2. The minimum absolute atomic E-state index is 0.164. The maximum Gasteiger partial charge on any atom is 0.322 e. The number of thioether (sulfide) groups is 1. The first kappa shape index (κ1) is 16.5. The molecule has 2 N–H and O–H groups in total. The number of benzene rings is 1. The third kappa shape index (κ3) is 5.58. The van der Waals surface area contributed by atoms with Gasteiger partial charge in [0.05, 0.1) is 6.61 Å². The number of halogens is 2. The van der Waals surface area contributed by atoms with Crippen molar-refractivity contribution in [3.63, 3.8) is 0 Å². The summed E-state index contributed by atoms with van der Waals surface area (Å²) in [7, 11) is 0. The summed E-state index contributed by atoms with van der Waals surface area (Å²) in [5, 5.41) is 11.5. The lowest BCUT2D eigenvalue weighted by atomic mass is 10.3. The standard InChI is InChI=1S/C13H16F2N2O2S/c1-2-6-17(7-8-18)13(19)16-10-4-3-5-11(9-10)20-12(14)15/h2-5,9,12,18H,1,6-8H2,(H,16,19). The van der Waals surface area contributed by atoms with Crippen molar-refractivity contribution in [2.45, 2.75) is 10.7 Å². The Labute approximate surface area is 120 Å². The molecule has 20 heavy (non-hydrogen) atoms. The van der Waals surface area contributed by atoms with E-state index < -0.39 is 11.8 Å². The number of hydrogen-bond donors (Lipinski definition) is 2. The zero-order valence-corrected chi connectivity index (χ0v) is 11.6. The number of carbonyl (C=O) groups is 1. The number of urea groups is 1. The smallest absolute Gasteiger partial charge is 0.322 e. The van der Waals surface area contributed by atoms with Gasteiger partial charge in [0.15, 0.2) is 0 Å². The molecule has 110 valence electrons. The van der Waals surface area contributed by atoms with Gasteiger partial charge in [-0.3, -0.25) is 0 Å². The number of alkyl halides is 2. The molecule has 0 aliphatic rings. The molecule has 0 aliphatic carbocycles. The van der Waals surface area contributed by atoms with E-state index in [0.29, 0.717) is 22.3 Å². The van der Waals surface area contributed by atoms with E-state index in [0.717, 1.165) is 0 Å². The van der Waals surface area contributed by atoms with Gasteiger partial charge in [-0.05, 0) is 18.2 Å². The highest BCUT2D eigenvalue weighted by Gasteiger charge is 2.12. The van der Waals surface area contributed by atoms with E-state index in [1.54, 1.807) is 18.2 Å². The minimum atomic E-state index is -2.51. The van der Waals surface area contributed by atoms with E-state index in [4.69, 9.17) is 5.11 Å². The third-order valence-electron chi connectivity index (χ3n) is 2.32. The maximum absolute atomic E-state index is 12.3. The van der Waals surface area contributed by atoms with E-state index in [9.17, 15) is 13.6 Å². The summed E-state index contributed by atoms with van der Waals surface area (Å²) in [6, 6.07) is 5.79. The van der Waals surface area contributed by atoms with Crippen molar-refractivity contribution in [2.75, 3.05) is 25.0 Å². The van der Waals surface area contributed by atoms with Crippen LogP contribution in [0.2, 0.25) is 0 Å². The van der Waals surface area contributed by atoms with Crippen molar-refractivity contribution in [3.8, 4) is 0 Å². The molecular weight excluding hydrogens is 286 g/mol. The van der Waals surface area contributed by atoms with E-state index in [2.05, 4.69) is 11.9 Å². The molecule has 0 saturated heterocycles. The lowest BCUT2D eigenvalue weighted by Crippen LogP contribution is -2.37. The predicted octanol–water partition coefficient (Wildman–Crippen LogP) is 3.01. The molecule has 4 nitrogen and oxygen atoms in total. The van der Waals surface area contributed by atoms with E-state index in [-0.39, 0.29) is 19.7 Å². The molecule has 0 fully saturated rings. The van der Waals surface area contributed by atoms with Gasteiger partial charge in [0.1, 0.15) is 0 Å². The van der Waals surface area contributed by atoms with Gasteiger partial charge in [0, 0.05) is 23.7 Å². The van der Waals surface area contributed by atoms with Crippen LogP contribution in [0.4, 0.5) is 19.3 Å². The average Bonchev–Trinajstić information content (AvgIpc) is 2.38. The number of carbonyl (C=O) groups excluding carboxylic acids is 1. The van der Waals surface area contributed by atoms with E-state index in [1.165, 1.54) is 17.0 Å². The number of nitrogens with zero attached hydrogens (tertiary/aromatic N) is 1. The first-order valence-corrected chi connectivity index (χ1v) is 6.77. The van der Waals surface area contributed by atoms with Crippen LogP contribution in [0.1, 0.15) is 0 Å². The van der Waals surface area contributed by atoms with Crippen molar-refractivity contribution in [2.24, 2.45) is 0 Å². The van der Waals surface area contributed by atoms with Crippen LogP contribution in [-0.4, -0.2) is 41.5 Å². The molecule has 1 aromatic rings. The van der Waals surface area contributed by atoms with Crippen molar-refractivity contribution < 1.29 is 18.7 Å². The lowest BCUT2D eigenvalue weighted by Gasteiger charge is -2.20. The van der Waals surface area contributed by atoms with Crippen LogP contribution in [0.25, 0.3) is 0 Å². The Morgan fingerprint density at radius 2 is 2.30 bits per heavy atom. The SMILES string of the molecule is C=CCN(CCO)C(=O)Nc1cccc(SC(F)F)c1. The average molecular weight is 302 g/mol. The Morgan fingerprint density at radius 1 is 1.55 bits per heavy atom. The molecule has 0 radical (unpaired) electrons. The summed E-state index contributed by atoms with van der Waals surface area (Å²) in [6.45, 7) is 3.82. The highest BCUT2D eigenvalue weighted by Crippen LogP contribution is 2.27. The molecule has 0 aromatic heterocycles. The molecule has 0 atom stereocenters. The topological polar surface area (TPSA) is 52.6 Å². The largest absolute Gasteiger partial charge is 0.395 e. The summed E-state index contributed by atoms with van der Waals surface area (Å²) in [4.78, 5) is 13.7. The summed E-state index contributed by atoms with van der Waals surface area (Å²) >= 11 is 0.414. The summed E-state index contributed by atoms with van der Waals surface area (Å²) in [5.74, 6) is -2.51. The van der Waals surface area contributed by atoms with Gasteiger partial charge in [-0.2, -0.15) is 8.78 Å². The fourth-order valence-corrected chi connectivity index (χ4v) is 2.06. The molecule has 7 heteroatoms. The fraction of sp³-hybridized carbons (Fsp3) is 0.308. The van der Waals surface area contributed by atoms with Crippen LogP contribution >= 0.6 is 11.8 Å². The number of aliphatic hydroxyl groups excluding tert-OH is 1. The summed E-state index contributed by atoms with van der Waals surface area (Å²) in [6.07, 6.45) is 1.54. The number of aliphatic hydroxyl groups is 1. The first-order valence-electron chi connectivity index (χ1n) is 5.89. The molecule has 0 unspecified atom stereocenters. The van der Waals surface area contributed by atoms with Crippen LogP contribution in [0.5, 0.6) is 0 Å². The van der Waals surface area contributed by atoms with Gasteiger partial charge in [0.2, 0.25) is 0 Å². The second-order valence-corrected chi connectivity index (χ2v) is 4.86. The van der Waals surface area contributed by atoms with Crippen molar-refractivity contribution in [3.05, 3.63) is 36.9 Å². The quantitative estimate of drug-likeness (QED) is 0.601. The van der Waals surface area contributed by atoms with Gasteiger partial charge < -0.3 is 15.3 Å². The Morgan fingerprint density at radius 3 is 2.90 bits per heavy atom. The Hall–Kier alpha value is -1.60. The molecule has 2 amide bonds. The normalized spacial score (nSPS) is 10.4. The van der Waals surface area contributed by atoms with E-state index in [1.807, 2.05) is 0 Å². The van der Waals surface area contributed by atoms with Gasteiger partial charge in [-0.25, -0.2) is 4.79 Å². The molecular formula is C13H16F2N2O2S. The number of anilines is 1. The van der Waals surface area contributed by atoms with Gasteiger partial charge >= 0.3 is 6.03 Å². The predicted molar refractivity (Wildman–Crippen MR) is 76.2 cm³/mol. The maximum atomic E-state index is 12.3. The fourth-order valence-electron chi connectivity index (χ4n) is 1.50. The van der Waals surface area contributed by atoms with Crippen LogP contribution < -0.4 is 5.32 Å². The Bertz CT molecular complexity index is 458. The highest BCUT2D eigenvalue weighted by molar-refractivity contribution is 7.99. The zero-order valence-electron chi connectivity index (χ0n) is 10.8. The van der Waals surface area contributed by atoms with E-state index >= 15 is 0 Å². The molecule has 0 aliphatic heterocycles. The van der Waals surface area contributed by atoms with Crippen molar-refractivity contribution in [1.29, 1.82) is 0 Å². The Kier molecular flexibility index (Phi) is 7.03. The second-order valence-electron chi connectivity index (χ2n) is 3.79. The molecule has 1 rings (SSSR count). The van der Waals surface area contributed by atoms with Crippen LogP contribution in [0.15, 0.2) is 41.8 Å². The van der Waals surface area contributed by atoms with Gasteiger partial charge in [-0.15, -0.1) is 6.58 Å². The number of hydrogen-bond acceptors (Lipinski definition) is 3. The molecule has 0 spiro atoms. The Balaban J connectivity index is 2.70. The third-order valence-corrected chi connectivity index (χ3v) is 3.02. The van der Waals surface area contributed by atoms with Crippen LogP contribution in [0.3, 0.4) is 0 Å². The zero-order chi connectivity index (χ0) is 15.0. The van der Waals surface area contributed by atoms with Crippen molar-refractivity contribution >= 4 is 23.5 Å². The summed E-state index contributed by atoms with van der Waals surface area (Å²) in [5.41, 5.74) is 0.424. The first-order chi connectivity index (χ1) is 9.56. The molecule has 0 bridgehead atoms. The molecule has 0 saturated carbocycles. The van der Waals surface area contributed by atoms with Gasteiger partial charge in [0.25, 0.3) is 5.76 Å².